The van der Waals surface area contributed by atoms with Gasteiger partial charge in [-0.3, -0.25) is 0 Å². The number of hydrogen-bond donors (Lipinski definition) is 2. The third kappa shape index (κ3) is 1.71. The quantitative estimate of drug-likeness (QED) is 0.754. The van der Waals surface area contributed by atoms with Crippen molar-refractivity contribution in [2.24, 2.45) is 0 Å². The Bertz CT molecular complexity index is 319. The Morgan fingerprint density at radius 3 is 3.38 bits per heavy atom. The lowest BCUT2D eigenvalue weighted by molar-refractivity contribution is 0.206. The Labute approximate surface area is 89.5 Å². The van der Waals surface area contributed by atoms with Gasteiger partial charge in [-0.1, -0.05) is 0 Å². The molecule has 5 heteroatoms. The zero-order valence-electron chi connectivity index (χ0n) is 6.83. The van der Waals surface area contributed by atoms with Gasteiger partial charge in [0.05, 0.1) is 16.2 Å². The van der Waals surface area contributed by atoms with Crippen LogP contribution in [-0.2, 0) is 0 Å². The number of ether oxygens (including phenoxy) is 1. The summed E-state index contributed by atoms with van der Waals surface area (Å²) in [6.45, 7) is 0.553. The molecule has 0 fully saturated rings. The van der Waals surface area contributed by atoms with E-state index >= 15 is 0 Å². The average molecular weight is 292 g/mol. The summed E-state index contributed by atoms with van der Waals surface area (Å²) in [6, 6.07) is 1.85. The lowest BCUT2D eigenvalue weighted by Crippen LogP contribution is -2.35. The van der Waals surface area contributed by atoms with Crippen molar-refractivity contribution in [3.8, 4) is 5.75 Å². The number of aliphatic hydroxyl groups excluding tert-OH is 1. The molecule has 0 saturated carbocycles. The lowest BCUT2D eigenvalue weighted by Gasteiger charge is -2.25. The molecule has 1 atom stereocenters. The van der Waals surface area contributed by atoms with Crippen LogP contribution in [0.2, 0.25) is 0 Å². The molecule has 1 aliphatic rings. The number of aliphatic hydroxyl groups is 1. The predicted molar refractivity (Wildman–Crippen MR) is 56.9 cm³/mol. The molecule has 1 aliphatic heterocycles. The van der Waals surface area contributed by atoms with E-state index in [1.54, 1.807) is 6.20 Å². The van der Waals surface area contributed by atoms with E-state index in [1.807, 2.05) is 6.07 Å². The molecule has 0 spiro atoms. The molecule has 2 N–H and O–H groups in total. The number of anilines is 1. The second kappa shape index (κ2) is 3.67. The van der Waals surface area contributed by atoms with Crippen LogP contribution in [0.4, 0.5) is 5.82 Å². The van der Waals surface area contributed by atoms with E-state index in [0.717, 1.165) is 15.1 Å². The third-order valence-corrected chi connectivity index (χ3v) is 2.70. The minimum Gasteiger partial charge on any atom is -0.486 e. The van der Waals surface area contributed by atoms with Crippen LogP contribution in [0.15, 0.2) is 12.3 Å². The van der Waals surface area contributed by atoms with E-state index in [9.17, 15) is 0 Å². The van der Waals surface area contributed by atoms with Crippen molar-refractivity contribution in [2.75, 3.05) is 18.5 Å². The Kier molecular flexibility index (Phi) is 2.54. The van der Waals surface area contributed by atoms with E-state index in [2.05, 4.69) is 32.9 Å². The first kappa shape index (κ1) is 9.01. The summed E-state index contributed by atoms with van der Waals surface area (Å²) in [5.74, 6) is 1.50. The fraction of sp³-hybridized carbons (Fsp3) is 0.375. The predicted octanol–water partition coefficient (Wildman–Crippen LogP) is 0.851. The van der Waals surface area contributed by atoms with Gasteiger partial charge in [-0.05, 0) is 28.7 Å². The maximum Gasteiger partial charge on any atom is 0.174 e. The molecule has 0 aliphatic carbocycles. The Hall–Kier alpha value is -0.560. The Morgan fingerprint density at radius 2 is 2.62 bits per heavy atom. The summed E-state index contributed by atoms with van der Waals surface area (Å²) in [5, 5.41) is 12.0. The van der Waals surface area contributed by atoms with Gasteiger partial charge in [0.2, 0.25) is 0 Å². The average Bonchev–Trinajstić information content (AvgIpc) is 2.18. The maximum atomic E-state index is 8.91. The van der Waals surface area contributed by atoms with Gasteiger partial charge in [0.15, 0.2) is 11.6 Å². The summed E-state index contributed by atoms with van der Waals surface area (Å²) in [7, 11) is 0. The summed E-state index contributed by atoms with van der Waals surface area (Å²) >= 11 is 2.19. The summed E-state index contributed by atoms with van der Waals surface area (Å²) in [4.78, 5) is 4.13. The SMILES string of the molecule is OCC1COc2c(I)ccnc2N1. The summed E-state index contributed by atoms with van der Waals surface area (Å²) < 4.78 is 6.50. The number of halogens is 1. The molecule has 0 saturated heterocycles. The van der Waals surface area contributed by atoms with Gasteiger partial charge in [-0.2, -0.15) is 0 Å². The van der Waals surface area contributed by atoms with Crippen molar-refractivity contribution in [3.63, 3.8) is 0 Å². The molecule has 13 heavy (non-hydrogen) atoms. The second-order valence-corrected chi connectivity index (χ2v) is 3.97. The van der Waals surface area contributed by atoms with Crippen molar-refractivity contribution in [2.45, 2.75) is 6.04 Å². The van der Waals surface area contributed by atoms with Gasteiger partial charge in [0, 0.05) is 6.20 Å². The van der Waals surface area contributed by atoms with Crippen molar-refractivity contribution >= 4 is 28.4 Å². The van der Waals surface area contributed by atoms with Gasteiger partial charge in [0.1, 0.15) is 6.61 Å². The van der Waals surface area contributed by atoms with Crippen LogP contribution in [0.1, 0.15) is 0 Å². The molecule has 0 aromatic carbocycles. The number of nitrogens with one attached hydrogen (secondary N) is 1. The number of nitrogens with zero attached hydrogens (tertiary/aromatic N) is 1. The molecule has 0 radical (unpaired) electrons. The van der Waals surface area contributed by atoms with Gasteiger partial charge in [-0.15, -0.1) is 0 Å². The molecule has 70 valence electrons. The van der Waals surface area contributed by atoms with Crippen molar-refractivity contribution in [1.82, 2.24) is 4.98 Å². The Morgan fingerprint density at radius 1 is 1.77 bits per heavy atom. The first-order chi connectivity index (χ1) is 6.31. The number of aromatic nitrogens is 1. The topological polar surface area (TPSA) is 54.4 Å². The largest absolute Gasteiger partial charge is 0.486 e. The van der Waals surface area contributed by atoms with Crippen LogP contribution in [0.3, 0.4) is 0 Å². The maximum absolute atomic E-state index is 8.91. The first-order valence-electron chi connectivity index (χ1n) is 3.96. The van der Waals surface area contributed by atoms with Crippen LogP contribution in [0.5, 0.6) is 5.75 Å². The number of fused-ring (bicyclic) bond motifs is 1. The normalized spacial score (nSPS) is 20.0. The number of hydrogen-bond acceptors (Lipinski definition) is 4. The van der Waals surface area contributed by atoms with Gasteiger partial charge >= 0.3 is 0 Å². The fourth-order valence-electron chi connectivity index (χ4n) is 1.18. The molecule has 0 bridgehead atoms. The minimum absolute atomic E-state index is 0.0433. The summed E-state index contributed by atoms with van der Waals surface area (Å²) in [6.07, 6.45) is 1.72. The molecular formula is C8H9IN2O2. The first-order valence-corrected chi connectivity index (χ1v) is 5.04. The van der Waals surface area contributed by atoms with E-state index in [4.69, 9.17) is 9.84 Å². The zero-order chi connectivity index (χ0) is 9.26. The highest BCUT2D eigenvalue weighted by Crippen LogP contribution is 2.31. The lowest BCUT2D eigenvalue weighted by atomic mass is 10.3. The molecule has 1 aromatic heterocycles. The van der Waals surface area contributed by atoms with Gasteiger partial charge < -0.3 is 15.2 Å². The zero-order valence-corrected chi connectivity index (χ0v) is 8.98. The molecule has 4 nitrogen and oxygen atoms in total. The molecule has 2 rings (SSSR count). The van der Waals surface area contributed by atoms with Crippen LogP contribution in [-0.4, -0.2) is 29.3 Å². The Balaban J connectivity index is 2.31. The van der Waals surface area contributed by atoms with Gasteiger partial charge in [-0.25, -0.2) is 4.98 Å². The van der Waals surface area contributed by atoms with E-state index in [-0.39, 0.29) is 12.6 Å². The van der Waals surface area contributed by atoms with Crippen LogP contribution < -0.4 is 10.1 Å². The van der Waals surface area contributed by atoms with Gasteiger partial charge in [0.25, 0.3) is 0 Å². The molecule has 0 amide bonds. The highest BCUT2D eigenvalue weighted by Gasteiger charge is 2.20. The van der Waals surface area contributed by atoms with E-state index in [1.165, 1.54) is 0 Å². The van der Waals surface area contributed by atoms with Crippen LogP contribution in [0.25, 0.3) is 0 Å². The molecule has 1 unspecified atom stereocenters. The highest BCUT2D eigenvalue weighted by atomic mass is 127. The highest BCUT2D eigenvalue weighted by molar-refractivity contribution is 14.1. The van der Waals surface area contributed by atoms with Crippen molar-refractivity contribution in [1.29, 1.82) is 0 Å². The number of pyridine rings is 1. The second-order valence-electron chi connectivity index (χ2n) is 2.81. The smallest absolute Gasteiger partial charge is 0.174 e. The van der Waals surface area contributed by atoms with E-state index < -0.39 is 0 Å². The molecule has 1 aromatic rings. The van der Waals surface area contributed by atoms with Crippen LogP contribution >= 0.6 is 22.6 Å². The fourth-order valence-corrected chi connectivity index (χ4v) is 1.75. The van der Waals surface area contributed by atoms with Crippen molar-refractivity contribution < 1.29 is 9.84 Å². The molecule has 2 heterocycles. The standard InChI is InChI=1S/C8H9IN2O2/c9-6-1-2-10-8-7(6)13-4-5(3-12)11-8/h1-2,5,12H,3-4H2,(H,10,11). The minimum atomic E-state index is -0.0433. The van der Waals surface area contributed by atoms with Crippen molar-refractivity contribution in [3.05, 3.63) is 15.8 Å². The summed E-state index contributed by atoms with van der Waals surface area (Å²) in [5.41, 5.74) is 0. The molecular weight excluding hydrogens is 283 g/mol. The van der Waals surface area contributed by atoms with E-state index in [0.29, 0.717) is 6.61 Å². The third-order valence-electron chi connectivity index (χ3n) is 1.85. The number of rotatable bonds is 1. The monoisotopic (exact) mass is 292 g/mol. The van der Waals surface area contributed by atoms with Crippen LogP contribution in [0, 0.1) is 3.57 Å².